The molecule has 0 saturated carbocycles. The highest BCUT2D eigenvalue weighted by atomic mass is 35.5. The number of hydrogen-bond acceptors (Lipinski definition) is 5. The maximum absolute atomic E-state index is 6.05. The molecule has 2 heterocycles. The fourth-order valence-corrected chi connectivity index (χ4v) is 2.69. The zero-order valence-corrected chi connectivity index (χ0v) is 13.4. The number of halogens is 1. The Morgan fingerprint density at radius 1 is 1.00 bits per heavy atom. The van der Waals surface area contributed by atoms with Crippen LogP contribution in [0, 0.1) is 0 Å². The maximum Gasteiger partial charge on any atom is 0.184 e. The molecule has 0 amide bonds. The van der Waals surface area contributed by atoms with Crippen LogP contribution in [0.15, 0.2) is 54.6 Å². The monoisotopic (exact) mass is 336 g/mol. The van der Waals surface area contributed by atoms with Gasteiger partial charge in [0.25, 0.3) is 0 Å². The lowest BCUT2D eigenvalue weighted by Gasteiger charge is -2.05. The predicted molar refractivity (Wildman–Crippen MR) is 93.5 cm³/mol. The molecule has 0 spiro atoms. The van der Waals surface area contributed by atoms with Crippen LogP contribution in [0.4, 0.5) is 5.82 Å². The standard InChI is InChI=1S/C17H13ClN6/c18-13-8-4-7-12(9-13)16-20-15(19)14-17(21-16)24(23-22-14)10-11-5-2-1-3-6-11/h1-9H,10H2,(H2,19,20,21). The molecule has 0 bridgehead atoms. The van der Waals surface area contributed by atoms with E-state index in [0.29, 0.717) is 34.4 Å². The third kappa shape index (κ3) is 2.68. The average Bonchev–Trinajstić information content (AvgIpc) is 2.99. The minimum absolute atomic E-state index is 0.300. The highest BCUT2D eigenvalue weighted by Gasteiger charge is 2.14. The highest BCUT2D eigenvalue weighted by Crippen LogP contribution is 2.24. The van der Waals surface area contributed by atoms with Crippen molar-refractivity contribution in [3.05, 3.63) is 65.2 Å². The fraction of sp³-hybridized carbons (Fsp3) is 0.0588. The Labute approximate surface area is 142 Å². The van der Waals surface area contributed by atoms with Gasteiger partial charge in [0, 0.05) is 10.6 Å². The molecule has 24 heavy (non-hydrogen) atoms. The van der Waals surface area contributed by atoms with Gasteiger partial charge in [-0.15, -0.1) is 5.10 Å². The summed E-state index contributed by atoms with van der Waals surface area (Å²) in [5.41, 5.74) is 9.03. The Hall–Kier alpha value is -2.99. The van der Waals surface area contributed by atoms with Crippen LogP contribution in [0.3, 0.4) is 0 Å². The maximum atomic E-state index is 6.05. The van der Waals surface area contributed by atoms with Crippen molar-refractivity contribution in [3.63, 3.8) is 0 Å². The van der Waals surface area contributed by atoms with Crippen LogP contribution in [-0.2, 0) is 6.54 Å². The van der Waals surface area contributed by atoms with Crippen LogP contribution >= 0.6 is 11.6 Å². The molecule has 118 valence electrons. The van der Waals surface area contributed by atoms with Crippen molar-refractivity contribution in [2.45, 2.75) is 6.54 Å². The first-order valence-corrected chi connectivity index (χ1v) is 7.75. The number of rotatable bonds is 3. The number of nitrogen functional groups attached to an aromatic ring is 1. The minimum Gasteiger partial charge on any atom is -0.382 e. The lowest BCUT2D eigenvalue weighted by molar-refractivity contribution is 0.664. The number of nitrogens with zero attached hydrogens (tertiary/aromatic N) is 5. The van der Waals surface area contributed by atoms with Crippen LogP contribution < -0.4 is 5.73 Å². The van der Waals surface area contributed by atoms with E-state index in [0.717, 1.165) is 11.1 Å². The van der Waals surface area contributed by atoms with Crippen molar-refractivity contribution in [2.75, 3.05) is 5.73 Å². The van der Waals surface area contributed by atoms with Gasteiger partial charge >= 0.3 is 0 Å². The molecular weight excluding hydrogens is 324 g/mol. The summed E-state index contributed by atoms with van der Waals surface area (Å²) in [6.07, 6.45) is 0. The summed E-state index contributed by atoms with van der Waals surface area (Å²) in [5, 5.41) is 8.88. The Bertz CT molecular complexity index is 1010. The van der Waals surface area contributed by atoms with Crippen molar-refractivity contribution in [1.29, 1.82) is 0 Å². The Morgan fingerprint density at radius 2 is 1.83 bits per heavy atom. The van der Waals surface area contributed by atoms with Crippen molar-refractivity contribution in [3.8, 4) is 11.4 Å². The van der Waals surface area contributed by atoms with Gasteiger partial charge in [0.1, 0.15) is 0 Å². The fourth-order valence-electron chi connectivity index (χ4n) is 2.50. The second-order valence-electron chi connectivity index (χ2n) is 5.35. The van der Waals surface area contributed by atoms with Gasteiger partial charge in [-0.05, 0) is 17.7 Å². The van der Waals surface area contributed by atoms with E-state index in [1.54, 1.807) is 16.8 Å². The molecule has 2 N–H and O–H groups in total. The minimum atomic E-state index is 0.300. The summed E-state index contributed by atoms with van der Waals surface area (Å²) in [7, 11) is 0. The molecule has 0 aliphatic carbocycles. The number of nitrogens with two attached hydrogens (primary N) is 1. The molecule has 4 rings (SSSR count). The molecule has 0 unspecified atom stereocenters. The molecule has 2 aromatic heterocycles. The topological polar surface area (TPSA) is 82.5 Å². The predicted octanol–water partition coefficient (Wildman–Crippen LogP) is 3.17. The van der Waals surface area contributed by atoms with E-state index < -0.39 is 0 Å². The van der Waals surface area contributed by atoms with E-state index in [2.05, 4.69) is 20.3 Å². The number of fused-ring (bicyclic) bond motifs is 1. The molecular formula is C17H13ClN6. The lowest BCUT2D eigenvalue weighted by atomic mass is 10.2. The molecule has 6 nitrogen and oxygen atoms in total. The molecule has 0 fully saturated rings. The molecule has 7 heteroatoms. The Kier molecular flexibility index (Phi) is 3.59. The van der Waals surface area contributed by atoms with Gasteiger partial charge in [0.2, 0.25) is 0 Å². The summed E-state index contributed by atoms with van der Waals surface area (Å²) in [6, 6.07) is 17.3. The second kappa shape index (κ2) is 5.90. The number of anilines is 1. The van der Waals surface area contributed by atoms with E-state index in [4.69, 9.17) is 17.3 Å². The van der Waals surface area contributed by atoms with E-state index in [9.17, 15) is 0 Å². The first-order valence-electron chi connectivity index (χ1n) is 7.37. The molecule has 0 radical (unpaired) electrons. The molecule has 0 aliphatic heterocycles. The summed E-state index contributed by atoms with van der Waals surface area (Å²) < 4.78 is 1.72. The molecule has 2 aromatic carbocycles. The Balaban J connectivity index is 1.83. The third-order valence-corrected chi connectivity index (χ3v) is 3.88. The SMILES string of the molecule is Nc1nc(-c2cccc(Cl)c2)nc2c1nnn2Cc1ccccc1. The van der Waals surface area contributed by atoms with E-state index in [-0.39, 0.29) is 0 Å². The highest BCUT2D eigenvalue weighted by molar-refractivity contribution is 6.30. The lowest BCUT2D eigenvalue weighted by Crippen LogP contribution is -2.04. The smallest absolute Gasteiger partial charge is 0.184 e. The van der Waals surface area contributed by atoms with Gasteiger partial charge in [-0.1, -0.05) is 59.3 Å². The van der Waals surface area contributed by atoms with E-state index >= 15 is 0 Å². The second-order valence-corrected chi connectivity index (χ2v) is 5.78. The summed E-state index contributed by atoms with van der Waals surface area (Å²) >= 11 is 6.05. The first kappa shape index (κ1) is 14.6. The zero-order valence-electron chi connectivity index (χ0n) is 12.6. The molecule has 0 atom stereocenters. The Morgan fingerprint density at radius 3 is 2.62 bits per heavy atom. The van der Waals surface area contributed by atoms with Gasteiger partial charge in [-0.2, -0.15) is 0 Å². The van der Waals surface area contributed by atoms with Gasteiger partial charge in [-0.3, -0.25) is 0 Å². The largest absolute Gasteiger partial charge is 0.382 e. The van der Waals surface area contributed by atoms with Crippen molar-refractivity contribution < 1.29 is 0 Å². The van der Waals surface area contributed by atoms with Gasteiger partial charge in [-0.25, -0.2) is 14.6 Å². The molecule has 0 saturated heterocycles. The van der Waals surface area contributed by atoms with Crippen LogP contribution in [0.2, 0.25) is 5.02 Å². The number of hydrogen-bond donors (Lipinski definition) is 1. The summed E-state index contributed by atoms with van der Waals surface area (Å²) in [4.78, 5) is 8.92. The number of aromatic nitrogens is 5. The quantitative estimate of drug-likeness (QED) is 0.621. The van der Waals surface area contributed by atoms with Gasteiger partial charge in [0.05, 0.1) is 6.54 Å². The average molecular weight is 337 g/mol. The summed E-state index contributed by atoms with van der Waals surface area (Å²) in [6.45, 7) is 0.558. The third-order valence-electron chi connectivity index (χ3n) is 3.65. The van der Waals surface area contributed by atoms with Crippen molar-refractivity contribution in [1.82, 2.24) is 25.0 Å². The van der Waals surface area contributed by atoms with Gasteiger partial charge < -0.3 is 5.73 Å². The molecule has 4 aromatic rings. The summed E-state index contributed by atoms with van der Waals surface area (Å²) in [5.74, 6) is 0.799. The van der Waals surface area contributed by atoms with Crippen molar-refractivity contribution >= 4 is 28.6 Å². The zero-order chi connectivity index (χ0) is 16.5. The van der Waals surface area contributed by atoms with Crippen LogP contribution in [0.5, 0.6) is 0 Å². The first-order chi connectivity index (χ1) is 11.7. The van der Waals surface area contributed by atoms with Gasteiger partial charge in [0.15, 0.2) is 22.8 Å². The van der Waals surface area contributed by atoms with Crippen LogP contribution in [0.25, 0.3) is 22.6 Å². The van der Waals surface area contributed by atoms with Crippen molar-refractivity contribution in [2.24, 2.45) is 0 Å². The van der Waals surface area contributed by atoms with Crippen LogP contribution in [0.1, 0.15) is 5.56 Å². The normalized spacial score (nSPS) is 11.0. The molecule has 0 aliphatic rings. The van der Waals surface area contributed by atoms with E-state index in [1.165, 1.54) is 0 Å². The van der Waals surface area contributed by atoms with Crippen LogP contribution in [-0.4, -0.2) is 25.0 Å². The number of benzene rings is 2. The van der Waals surface area contributed by atoms with E-state index in [1.807, 2.05) is 42.5 Å².